The predicted molar refractivity (Wildman–Crippen MR) is 77.9 cm³/mol. The number of amides is 2. The number of carbonyl (C=O) groups excluding carboxylic acids is 1. The third-order valence-corrected chi connectivity index (χ3v) is 3.10. The third-order valence-electron chi connectivity index (χ3n) is 3.10. The van der Waals surface area contributed by atoms with E-state index in [4.69, 9.17) is 0 Å². The molecule has 3 heteroatoms. The minimum Gasteiger partial charge on any atom is -0.337 e. The van der Waals surface area contributed by atoms with Crippen LogP contribution in [0.3, 0.4) is 0 Å². The highest BCUT2D eigenvalue weighted by atomic mass is 16.2. The maximum atomic E-state index is 11.0. The third kappa shape index (κ3) is 13.3. The highest BCUT2D eigenvalue weighted by Crippen LogP contribution is 2.10. The maximum Gasteiger partial charge on any atom is 0.336 e. The second-order valence-corrected chi connectivity index (χ2v) is 4.90. The summed E-state index contributed by atoms with van der Waals surface area (Å²) >= 11 is 0. The van der Waals surface area contributed by atoms with E-state index in [0.717, 1.165) is 6.42 Å². The van der Waals surface area contributed by atoms with Gasteiger partial charge in [0.15, 0.2) is 0 Å². The summed E-state index contributed by atoms with van der Waals surface area (Å²) < 4.78 is 0. The fourth-order valence-corrected chi connectivity index (χ4v) is 1.99. The van der Waals surface area contributed by atoms with Gasteiger partial charge in [-0.05, 0) is 13.3 Å². The fourth-order valence-electron chi connectivity index (χ4n) is 1.99. The van der Waals surface area contributed by atoms with E-state index in [1.807, 2.05) is 6.92 Å². The zero-order valence-electron chi connectivity index (χ0n) is 12.3. The van der Waals surface area contributed by atoms with Gasteiger partial charge in [-0.3, -0.25) is 0 Å². The molecular formula is C15H31N2O. The largest absolute Gasteiger partial charge is 0.337 e. The van der Waals surface area contributed by atoms with Crippen LogP contribution in [0.4, 0.5) is 4.79 Å². The van der Waals surface area contributed by atoms with Gasteiger partial charge < -0.3 is 5.32 Å². The molecule has 0 heterocycles. The second-order valence-electron chi connectivity index (χ2n) is 4.90. The van der Waals surface area contributed by atoms with Gasteiger partial charge in [0.1, 0.15) is 0 Å². The molecule has 0 aromatic heterocycles. The average molecular weight is 255 g/mol. The van der Waals surface area contributed by atoms with Crippen molar-refractivity contribution in [2.75, 3.05) is 13.1 Å². The lowest BCUT2D eigenvalue weighted by Crippen LogP contribution is -2.30. The van der Waals surface area contributed by atoms with E-state index in [1.54, 1.807) is 0 Å². The fraction of sp³-hybridized carbons (Fsp3) is 0.933. The summed E-state index contributed by atoms with van der Waals surface area (Å²) in [6.45, 7) is 5.52. The molecule has 3 nitrogen and oxygen atoms in total. The first-order valence-corrected chi connectivity index (χ1v) is 7.76. The van der Waals surface area contributed by atoms with Crippen LogP contribution in [0.25, 0.3) is 0 Å². The van der Waals surface area contributed by atoms with Crippen molar-refractivity contribution in [1.29, 1.82) is 0 Å². The standard InChI is InChI=1S/C15H31N2O/c1-3-5-6-7-8-9-10-11-12-13-14-17-15(18)16-4-2/h3-14H2,1-2H3,(H,16,18). The molecule has 0 aromatic carbocycles. The van der Waals surface area contributed by atoms with Crippen LogP contribution in [0, 0.1) is 0 Å². The molecule has 0 rings (SSSR count). The van der Waals surface area contributed by atoms with Crippen LogP contribution < -0.4 is 10.6 Å². The molecule has 0 bridgehead atoms. The number of nitrogens with one attached hydrogen (secondary N) is 1. The Morgan fingerprint density at radius 3 is 1.83 bits per heavy atom. The Morgan fingerprint density at radius 2 is 1.33 bits per heavy atom. The van der Waals surface area contributed by atoms with Crippen molar-refractivity contribution in [2.45, 2.75) is 78.1 Å². The lowest BCUT2D eigenvalue weighted by Gasteiger charge is -2.03. The zero-order valence-corrected chi connectivity index (χ0v) is 12.3. The molecular weight excluding hydrogens is 224 g/mol. The topological polar surface area (TPSA) is 43.2 Å². The molecule has 107 valence electrons. The van der Waals surface area contributed by atoms with Crippen molar-refractivity contribution in [2.24, 2.45) is 0 Å². The Labute approximate surface area is 113 Å². The van der Waals surface area contributed by atoms with Crippen molar-refractivity contribution in [3.63, 3.8) is 0 Å². The second kappa shape index (κ2) is 14.3. The molecule has 0 saturated carbocycles. The Kier molecular flexibility index (Phi) is 13.8. The number of hydrogen-bond donors (Lipinski definition) is 1. The lowest BCUT2D eigenvalue weighted by molar-refractivity contribution is 0.240. The average Bonchev–Trinajstić information content (AvgIpc) is 2.36. The Bertz CT molecular complexity index is 183. The lowest BCUT2D eigenvalue weighted by atomic mass is 10.1. The van der Waals surface area contributed by atoms with Crippen molar-refractivity contribution in [1.82, 2.24) is 10.6 Å². The van der Waals surface area contributed by atoms with Gasteiger partial charge in [0.2, 0.25) is 0 Å². The van der Waals surface area contributed by atoms with E-state index >= 15 is 0 Å². The van der Waals surface area contributed by atoms with Crippen molar-refractivity contribution in [3.8, 4) is 0 Å². The highest BCUT2D eigenvalue weighted by molar-refractivity contribution is 5.73. The molecule has 0 fully saturated rings. The quantitative estimate of drug-likeness (QED) is 0.521. The summed E-state index contributed by atoms with van der Waals surface area (Å²) in [5.74, 6) is 0. The number of hydrogen-bond acceptors (Lipinski definition) is 1. The monoisotopic (exact) mass is 255 g/mol. The van der Waals surface area contributed by atoms with Gasteiger partial charge in [-0.1, -0.05) is 64.7 Å². The Morgan fingerprint density at radius 1 is 0.833 bits per heavy atom. The van der Waals surface area contributed by atoms with Gasteiger partial charge >= 0.3 is 6.03 Å². The molecule has 0 spiro atoms. The molecule has 0 atom stereocenters. The van der Waals surface area contributed by atoms with Gasteiger partial charge in [0.25, 0.3) is 0 Å². The number of unbranched alkanes of at least 4 members (excludes halogenated alkanes) is 9. The molecule has 0 aromatic rings. The Hall–Kier alpha value is -0.730. The highest BCUT2D eigenvalue weighted by Gasteiger charge is 1.98. The molecule has 0 aliphatic carbocycles. The summed E-state index contributed by atoms with van der Waals surface area (Å²) in [4.78, 5) is 11.0. The van der Waals surface area contributed by atoms with Gasteiger partial charge in [-0.2, -0.15) is 0 Å². The zero-order chi connectivity index (χ0) is 13.5. The predicted octanol–water partition coefficient (Wildman–Crippen LogP) is 4.24. The van der Waals surface area contributed by atoms with Crippen LogP contribution in [0.15, 0.2) is 0 Å². The smallest absolute Gasteiger partial charge is 0.336 e. The number of rotatable bonds is 12. The summed E-state index contributed by atoms with van der Waals surface area (Å²) in [5.41, 5.74) is 0. The van der Waals surface area contributed by atoms with Crippen LogP contribution >= 0.6 is 0 Å². The molecule has 2 amide bonds. The normalized spacial score (nSPS) is 10.3. The first-order valence-electron chi connectivity index (χ1n) is 7.76. The molecule has 0 aliphatic heterocycles. The molecule has 1 radical (unpaired) electrons. The van der Waals surface area contributed by atoms with Gasteiger partial charge in [0.05, 0.1) is 0 Å². The van der Waals surface area contributed by atoms with Crippen molar-refractivity contribution >= 4 is 6.03 Å². The first-order chi connectivity index (χ1) is 8.81. The minimum absolute atomic E-state index is 0.159. The van der Waals surface area contributed by atoms with Crippen LogP contribution in [-0.4, -0.2) is 19.1 Å². The van der Waals surface area contributed by atoms with Crippen LogP contribution in [0.2, 0.25) is 0 Å². The summed E-state index contributed by atoms with van der Waals surface area (Å²) in [6.07, 6.45) is 13.2. The number of carbonyl (C=O) groups is 1. The molecule has 0 saturated heterocycles. The summed E-state index contributed by atoms with van der Waals surface area (Å²) in [7, 11) is 0. The maximum absolute atomic E-state index is 11.0. The van der Waals surface area contributed by atoms with Gasteiger partial charge in [-0.15, -0.1) is 0 Å². The van der Waals surface area contributed by atoms with Crippen LogP contribution in [-0.2, 0) is 0 Å². The van der Waals surface area contributed by atoms with E-state index < -0.39 is 0 Å². The molecule has 18 heavy (non-hydrogen) atoms. The molecule has 0 aliphatic rings. The first kappa shape index (κ1) is 17.3. The van der Waals surface area contributed by atoms with Crippen LogP contribution in [0.1, 0.15) is 78.1 Å². The SMILES string of the molecule is CCCCCCCCCCCC[N]C(=O)NCC. The van der Waals surface area contributed by atoms with Gasteiger partial charge in [-0.25, -0.2) is 10.1 Å². The number of nitrogens with zero attached hydrogens (tertiary/aromatic N) is 1. The van der Waals surface area contributed by atoms with Crippen molar-refractivity contribution < 1.29 is 4.79 Å². The summed E-state index contributed by atoms with van der Waals surface area (Å²) in [6, 6.07) is -0.159. The Balaban J connectivity index is 3.01. The van der Waals surface area contributed by atoms with E-state index in [1.165, 1.54) is 57.8 Å². The molecule has 0 unspecified atom stereocenters. The van der Waals surface area contributed by atoms with E-state index in [9.17, 15) is 4.79 Å². The van der Waals surface area contributed by atoms with E-state index in [0.29, 0.717) is 13.1 Å². The van der Waals surface area contributed by atoms with Crippen molar-refractivity contribution in [3.05, 3.63) is 0 Å². The van der Waals surface area contributed by atoms with E-state index in [2.05, 4.69) is 17.6 Å². The van der Waals surface area contributed by atoms with Crippen LogP contribution in [0.5, 0.6) is 0 Å². The van der Waals surface area contributed by atoms with Gasteiger partial charge in [0, 0.05) is 13.1 Å². The summed E-state index contributed by atoms with van der Waals surface area (Å²) in [5, 5.41) is 6.61. The minimum atomic E-state index is -0.159. The van der Waals surface area contributed by atoms with E-state index in [-0.39, 0.29) is 6.03 Å². The number of urea groups is 1. The molecule has 1 N–H and O–H groups in total.